The van der Waals surface area contributed by atoms with Crippen molar-refractivity contribution >= 4 is 17.3 Å². The Morgan fingerprint density at radius 1 is 1.48 bits per heavy atom. The van der Waals surface area contributed by atoms with Crippen LogP contribution in [0.15, 0.2) is 18.2 Å². The molecule has 0 radical (unpaired) electrons. The summed E-state index contributed by atoms with van der Waals surface area (Å²) in [4.78, 5) is 10.6. The molecular weight excluding hydrogens is 296 g/mol. The van der Waals surface area contributed by atoms with Crippen LogP contribution in [-0.4, -0.2) is 26.8 Å². The predicted molar refractivity (Wildman–Crippen MR) is 76.5 cm³/mol. The fourth-order valence-electron chi connectivity index (χ4n) is 2.30. The van der Waals surface area contributed by atoms with Gasteiger partial charge in [-0.15, -0.1) is 21.8 Å². The van der Waals surface area contributed by atoms with Gasteiger partial charge in [0.15, 0.2) is 11.6 Å². The maximum atomic E-state index is 11.1. The van der Waals surface area contributed by atoms with E-state index in [1.165, 1.54) is 13.2 Å². The van der Waals surface area contributed by atoms with Crippen LogP contribution in [0.2, 0.25) is 0 Å². The number of nitro groups is 1. The molecule has 0 aliphatic heterocycles. The van der Waals surface area contributed by atoms with Gasteiger partial charge in [-0.1, -0.05) is 0 Å². The highest BCUT2D eigenvalue weighted by Gasteiger charge is 2.30. The number of hydrogen-bond donors (Lipinski definition) is 0. The third-order valence-electron chi connectivity index (χ3n) is 3.43. The second kappa shape index (κ2) is 5.33. The van der Waals surface area contributed by atoms with Crippen LogP contribution < -0.4 is 4.74 Å². The summed E-state index contributed by atoms with van der Waals surface area (Å²) in [5.74, 6) is 1.78. The molecule has 1 heterocycles. The predicted octanol–water partition coefficient (Wildman–Crippen LogP) is 2.94. The third kappa shape index (κ3) is 2.44. The summed E-state index contributed by atoms with van der Waals surface area (Å²) in [5, 5.41) is 19.3. The van der Waals surface area contributed by atoms with Gasteiger partial charge >= 0.3 is 5.69 Å². The number of benzene rings is 1. The van der Waals surface area contributed by atoms with E-state index in [1.54, 1.807) is 12.1 Å². The van der Waals surface area contributed by atoms with E-state index in [2.05, 4.69) is 10.2 Å². The molecule has 0 saturated heterocycles. The average Bonchev–Trinajstić information content (AvgIpc) is 3.25. The van der Waals surface area contributed by atoms with E-state index >= 15 is 0 Å². The van der Waals surface area contributed by atoms with Crippen molar-refractivity contribution in [3.8, 4) is 17.1 Å². The lowest BCUT2D eigenvalue weighted by atomic mass is 10.1. The number of rotatable bonds is 5. The van der Waals surface area contributed by atoms with E-state index in [4.69, 9.17) is 16.3 Å². The van der Waals surface area contributed by atoms with Crippen molar-refractivity contribution in [1.82, 2.24) is 14.8 Å². The summed E-state index contributed by atoms with van der Waals surface area (Å²) >= 11 is 5.88. The molecule has 1 aromatic heterocycles. The molecule has 0 N–H and O–H groups in total. The summed E-state index contributed by atoms with van der Waals surface area (Å²) in [6.45, 7) is 0. The molecule has 1 aliphatic carbocycles. The summed E-state index contributed by atoms with van der Waals surface area (Å²) in [7, 11) is 1.40. The van der Waals surface area contributed by atoms with E-state index in [0.717, 1.165) is 12.8 Å². The van der Waals surface area contributed by atoms with E-state index in [-0.39, 0.29) is 17.3 Å². The van der Waals surface area contributed by atoms with Crippen molar-refractivity contribution in [3.63, 3.8) is 0 Å². The molecular formula is C13H13ClN4O3. The van der Waals surface area contributed by atoms with Gasteiger partial charge in [0.25, 0.3) is 0 Å². The molecule has 0 atom stereocenters. The monoisotopic (exact) mass is 308 g/mol. The molecule has 0 spiro atoms. The van der Waals surface area contributed by atoms with E-state index in [0.29, 0.717) is 23.3 Å². The van der Waals surface area contributed by atoms with Crippen LogP contribution in [0.3, 0.4) is 0 Å². The SMILES string of the molecule is COc1ccc(-c2nnc(CCl)n2C2CC2)cc1[N+](=O)[O-]. The quantitative estimate of drug-likeness (QED) is 0.482. The molecule has 3 rings (SSSR count). The molecule has 7 nitrogen and oxygen atoms in total. The van der Waals surface area contributed by atoms with Crippen LogP contribution in [0, 0.1) is 10.1 Å². The molecule has 2 aromatic rings. The Morgan fingerprint density at radius 2 is 2.24 bits per heavy atom. The topological polar surface area (TPSA) is 83.1 Å². The van der Waals surface area contributed by atoms with Gasteiger partial charge in [-0.3, -0.25) is 10.1 Å². The van der Waals surface area contributed by atoms with Crippen LogP contribution in [0.1, 0.15) is 24.7 Å². The number of halogens is 1. The fraction of sp³-hybridized carbons (Fsp3) is 0.385. The summed E-state index contributed by atoms with van der Waals surface area (Å²) in [6.07, 6.45) is 2.10. The molecule has 0 bridgehead atoms. The van der Waals surface area contributed by atoms with Gasteiger partial charge in [0.05, 0.1) is 17.9 Å². The van der Waals surface area contributed by atoms with Gasteiger partial charge in [-0.25, -0.2) is 0 Å². The number of nitrogens with zero attached hydrogens (tertiary/aromatic N) is 4. The molecule has 0 unspecified atom stereocenters. The maximum Gasteiger partial charge on any atom is 0.311 e. The summed E-state index contributed by atoms with van der Waals surface area (Å²) < 4.78 is 6.98. The highest BCUT2D eigenvalue weighted by Crippen LogP contribution is 2.40. The number of nitro benzene ring substituents is 1. The van der Waals surface area contributed by atoms with Crippen molar-refractivity contribution in [2.24, 2.45) is 0 Å². The number of ether oxygens (including phenoxy) is 1. The van der Waals surface area contributed by atoms with Crippen molar-refractivity contribution in [1.29, 1.82) is 0 Å². The highest BCUT2D eigenvalue weighted by molar-refractivity contribution is 6.16. The largest absolute Gasteiger partial charge is 0.490 e. The second-order valence-electron chi connectivity index (χ2n) is 4.82. The molecule has 1 aliphatic rings. The number of methoxy groups -OCH3 is 1. The zero-order valence-corrected chi connectivity index (χ0v) is 12.1. The second-order valence-corrected chi connectivity index (χ2v) is 5.09. The van der Waals surface area contributed by atoms with Crippen LogP contribution >= 0.6 is 11.6 Å². The number of aromatic nitrogens is 3. The third-order valence-corrected chi connectivity index (χ3v) is 3.67. The minimum Gasteiger partial charge on any atom is -0.490 e. The number of alkyl halides is 1. The lowest BCUT2D eigenvalue weighted by Gasteiger charge is -2.08. The zero-order chi connectivity index (χ0) is 15.0. The summed E-state index contributed by atoms with van der Waals surface area (Å²) in [5.41, 5.74) is 0.547. The van der Waals surface area contributed by atoms with Gasteiger partial charge in [-0.05, 0) is 25.0 Å². The van der Waals surface area contributed by atoms with Gasteiger partial charge in [0, 0.05) is 17.7 Å². The Bertz CT molecular complexity index is 697. The van der Waals surface area contributed by atoms with Gasteiger partial charge < -0.3 is 9.30 Å². The lowest BCUT2D eigenvalue weighted by Crippen LogP contribution is -2.02. The lowest BCUT2D eigenvalue weighted by molar-refractivity contribution is -0.385. The Morgan fingerprint density at radius 3 is 2.81 bits per heavy atom. The molecule has 110 valence electrons. The van der Waals surface area contributed by atoms with Gasteiger partial charge in [0.2, 0.25) is 0 Å². The minimum absolute atomic E-state index is 0.0900. The van der Waals surface area contributed by atoms with E-state index < -0.39 is 4.92 Å². The Labute approximate surface area is 125 Å². The number of hydrogen-bond acceptors (Lipinski definition) is 5. The smallest absolute Gasteiger partial charge is 0.311 e. The standard InChI is InChI=1S/C13H13ClN4O3/c1-21-11-5-2-8(6-10(11)18(19)20)13-16-15-12(7-14)17(13)9-3-4-9/h2,5-6,9H,3-4,7H2,1H3. The molecule has 8 heteroatoms. The first kappa shape index (κ1) is 13.8. The Hall–Kier alpha value is -2.15. The van der Waals surface area contributed by atoms with Crippen molar-refractivity contribution < 1.29 is 9.66 Å². The normalized spacial score (nSPS) is 14.2. The minimum atomic E-state index is -0.470. The van der Waals surface area contributed by atoms with Crippen LogP contribution in [-0.2, 0) is 5.88 Å². The summed E-state index contributed by atoms with van der Waals surface area (Å²) in [6, 6.07) is 5.11. The Balaban J connectivity index is 2.10. The molecule has 1 fully saturated rings. The van der Waals surface area contributed by atoms with E-state index in [9.17, 15) is 10.1 Å². The van der Waals surface area contributed by atoms with E-state index in [1.807, 2.05) is 4.57 Å². The van der Waals surface area contributed by atoms with Crippen molar-refractivity contribution in [2.75, 3.05) is 7.11 Å². The van der Waals surface area contributed by atoms with Gasteiger partial charge in [-0.2, -0.15) is 0 Å². The highest BCUT2D eigenvalue weighted by atomic mass is 35.5. The van der Waals surface area contributed by atoms with Crippen LogP contribution in [0.5, 0.6) is 5.75 Å². The van der Waals surface area contributed by atoms with Gasteiger partial charge in [0.1, 0.15) is 5.82 Å². The van der Waals surface area contributed by atoms with Crippen molar-refractivity contribution in [2.45, 2.75) is 24.8 Å². The molecule has 1 saturated carbocycles. The van der Waals surface area contributed by atoms with Crippen LogP contribution in [0.4, 0.5) is 5.69 Å². The molecule has 21 heavy (non-hydrogen) atoms. The Kier molecular flexibility index (Phi) is 3.50. The van der Waals surface area contributed by atoms with Crippen molar-refractivity contribution in [3.05, 3.63) is 34.1 Å². The molecule has 0 amide bonds. The first-order chi connectivity index (χ1) is 10.2. The van der Waals surface area contributed by atoms with Crippen LogP contribution in [0.25, 0.3) is 11.4 Å². The fourth-order valence-corrected chi connectivity index (χ4v) is 2.48. The maximum absolute atomic E-state index is 11.1. The molecule has 1 aromatic carbocycles. The first-order valence-corrected chi connectivity index (χ1v) is 7.01. The first-order valence-electron chi connectivity index (χ1n) is 6.48. The zero-order valence-electron chi connectivity index (χ0n) is 11.3. The average molecular weight is 309 g/mol.